The van der Waals surface area contributed by atoms with Crippen LogP contribution in [0.1, 0.15) is 50.5 Å². The number of hydrogen-bond donors (Lipinski definition) is 1. The van der Waals surface area contributed by atoms with E-state index in [0.29, 0.717) is 19.3 Å². The molecule has 0 unspecified atom stereocenters. The molecular weight excluding hydrogens is 279 g/mol. The van der Waals surface area contributed by atoms with Crippen LogP contribution in [0, 0.1) is 11.2 Å². The van der Waals surface area contributed by atoms with Gasteiger partial charge in [0.05, 0.1) is 10.4 Å². The zero-order chi connectivity index (χ0) is 14.6. The van der Waals surface area contributed by atoms with Crippen molar-refractivity contribution < 1.29 is 14.3 Å². The van der Waals surface area contributed by atoms with E-state index in [-0.39, 0.29) is 5.02 Å². The smallest absolute Gasteiger partial charge is 0.309 e. The average Bonchev–Trinajstić information content (AvgIpc) is 2.37. The summed E-state index contributed by atoms with van der Waals surface area (Å²) in [4.78, 5) is 11.8. The minimum Gasteiger partial charge on any atom is -0.481 e. The molecule has 1 aliphatic carbocycles. The Labute approximate surface area is 123 Å². The number of rotatable bonds is 3. The Bertz CT molecular complexity index is 479. The molecule has 0 saturated heterocycles. The fraction of sp³-hybridized carbons (Fsp3) is 0.562. The van der Waals surface area contributed by atoms with E-state index < -0.39 is 17.2 Å². The Hall–Kier alpha value is -1.09. The van der Waals surface area contributed by atoms with Crippen LogP contribution in [0.5, 0.6) is 0 Å². The molecule has 1 aromatic rings. The van der Waals surface area contributed by atoms with Crippen LogP contribution >= 0.6 is 11.6 Å². The van der Waals surface area contributed by atoms with Gasteiger partial charge in [0.1, 0.15) is 5.82 Å². The lowest BCUT2D eigenvalue weighted by Crippen LogP contribution is -2.34. The molecule has 0 radical (unpaired) electrons. The predicted molar refractivity (Wildman–Crippen MR) is 77.5 cm³/mol. The summed E-state index contributed by atoms with van der Waals surface area (Å²) in [5.41, 5.74) is -0.0318. The number of halogens is 2. The largest absolute Gasteiger partial charge is 0.481 e. The Balaban J connectivity index is 2.22. The number of carboxylic acids is 1. The highest BCUT2D eigenvalue weighted by atomic mass is 35.5. The van der Waals surface area contributed by atoms with Gasteiger partial charge in [-0.15, -0.1) is 0 Å². The number of benzene rings is 1. The van der Waals surface area contributed by atoms with Crippen molar-refractivity contribution in [2.75, 3.05) is 0 Å². The van der Waals surface area contributed by atoms with Gasteiger partial charge in [-0.05, 0) is 37.0 Å². The molecule has 20 heavy (non-hydrogen) atoms. The summed E-state index contributed by atoms with van der Waals surface area (Å²) in [6.07, 6.45) is 6.96. The Kier molecular flexibility index (Phi) is 5.03. The van der Waals surface area contributed by atoms with E-state index in [1.807, 2.05) is 0 Å². The van der Waals surface area contributed by atoms with Gasteiger partial charge < -0.3 is 5.11 Å². The topological polar surface area (TPSA) is 37.3 Å². The zero-order valence-corrected chi connectivity index (χ0v) is 12.3. The second kappa shape index (κ2) is 6.57. The average molecular weight is 299 g/mol. The molecule has 2 rings (SSSR count). The maximum absolute atomic E-state index is 13.5. The van der Waals surface area contributed by atoms with E-state index in [1.54, 1.807) is 6.07 Å². The van der Waals surface area contributed by atoms with Gasteiger partial charge in [0, 0.05) is 0 Å². The van der Waals surface area contributed by atoms with Crippen molar-refractivity contribution >= 4 is 17.6 Å². The molecule has 0 spiro atoms. The molecule has 1 fully saturated rings. The van der Waals surface area contributed by atoms with Gasteiger partial charge in [0.15, 0.2) is 0 Å². The summed E-state index contributed by atoms with van der Waals surface area (Å²) in [5, 5.41) is 9.75. The number of aliphatic carboxylic acids is 1. The van der Waals surface area contributed by atoms with E-state index in [9.17, 15) is 14.3 Å². The van der Waals surface area contributed by atoms with Crippen molar-refractivity contribution in [2.45, 2.75) is 51.4 Å². The molecule has 2 nitrogen and oxygen atoms in total. The maximum Gasteiger partial charge on any atom is 0.309 e. The summed E-state index contributed by atoms with van der Waals surface area (Å²) in [6, 6.07) is 4.60. The molecular formula is C16H20ClFO2. The van der Waals surface area contributed by atoms with Crippen molar-refractivity contribution in [3.05, 3.63) is 34.6 Å². The fourth-order valence-electron chi connectivity index (χ4n) is 3.09. The highest BCUT2D eigenvalue weighted by Crippen LogP contribution is 2.38. The second-order valence-corrected chi connectivity index (χ2v) is 6.19. The van der Waals surface area contributed by atoms with Gasteiger partial charge >= 0.3 is 5.97 Å². The van der Waals surface area contributed by atoms with Crippen molar-refractivity contribution in [3.8, 4) is 0 Å². The predicted octanol–water partition coefficient (Wildman–Crippen LogP) is 4.84. The third-order valence-electron chi connectivity index (χ3n) is 4.29. The molecule has 4 heteroatoms. The van der Waals surface area contributed by atoms with Crippen LogP contribution < -0.4 is 0 Å². The first-order valence-corrected chi connectivity index (χ1v) is 7.59. The molecule has 0 aliphatic heterocycles. The second-order valence-electron chi connectivity index (χ2n) is 5.78. The maximum atomic E-state index is 13.5. The van der Waals surface area contributed by atoms with Crippen molar-refractivity contribution in [2.24, 2.45) is 5.41 Å². The number of hydrogen-bond acceptors (Lipinski definition) is 1. The quantitative estimate of drug-likeness (QED) is 0.867. The van der Waals surface area contributed by atoms with Crippen molar-refractivity contribution in [1.29, 1.82) is 0 Å². The van der Waals surface area contributed by atoms with E-state index in [0.717, 1.165) is 31.2 Å². The van der Waals surface area contributed by atoms with Gasteiger partial charge in [-0.3, -0.25) is 4.79 Å². The van der Waals surface area contributed by atoms with Crippen molar-refractivity contribution in [3.63, 3.8) is 0 Å². The molecule has 1 aromatic carbocycles. The first kappa shape index (κ1) is 15.3. The monoisotopic (exact) mass is 298 g/mol. The van der Waals surface area contributed by atoms with Crippen LogP contribution in [0.3, 0.4) is 0 Å². The summed E-state index contributed by atoms with van der Waals surface area (Å²) < 4.78 is 13.5. The van der Waals surface area contributed by atoms with Crippen LogP contribution in [-0.4, -0.2) is 11.1 Å². The number of carboxylic acid groups (broad SMARTS) is 1. The molecule has 1 N–H and O–H groups in total. The fourth-order valence-corrected chi connectivity index (χ4v) is 3.21. The Morgan fingerprint density at radius 3 is 2.35 bits per heavy atom. The first-order valence-electron chi connectivity index (χ1n) is 7.21. The summed E-state index contributed by atoms with van der Waals surface area (Å²) in [6.45, 7) is 0. The minimum atomic E-state index is -0.755. The minimum absolute atomic E-state index is 0.0794. The van der Waals surface area contributed by atoms with Gasteiger partial charge in [-0.25, -0.2) is 4.39 Å². The van der Waals surface area contributed by atoms with Crippen LogP contribution in [0.4, 0.5) is 4.39 Å². The van der Waals surface area contributed by atoms with Crippen LogP contribution in [0.2, 0.25) is 5.02 Å². The lowest BCUT2D eigenvalue weighted by Gasteiger charge is -2.31. The van der Waals surface area contributed by atoms with Crippen LogP contribution in [0.25, 0.3) is 0 Å². The Morgan fingerprint density at radius 1 is 1.20 bits per heavy atom. The SMILES string of the molecule is O=C(O)C1(Cc2ccc(Cl)c(F)c2)CCCCCCC1. The van der Waals surface area contributed by atoms with E-state index in [1.165, 1.54) is 18.6 Å². The number of carbonyl (C=O) groups is 1. The van der Waals surface area contributed by atoms with Gasteiger partial charge in [0.25, 0.3) is 0 Å². The molecule has 1 saturated carbocycles. The lowest BCUT2D eigenvalue weighted by atomic mass is 9.72. The highest BCUT2D eigenvalue weighted by molar-refractivity contribution is 6.30. The highest BCUT2D eigenvalue weighted by Gasteiger charge is 2.38. The van der Waals surface area contributed by atoms with E-state index in [4.69, 9.17) is 11.6 Å². The molecule has 0 heterocycles. The molecule has 110 valence electrons. The Morgan fingerprint density at radius 2 is 1.80 bits per heavy atom. The third-order valence-corrected chi connectivity index (χ3v) is 4.60. The molecule has 1 aliphatic rings. The molecule has 0 bridgehead atoms. The molecule has 0 atom stereocenters. The first-order chi connectivity index (χ1) is 9.53. The summed E-state index contributed by atoms with van der Waals surface area (Å²) >= 11 is 5.68. The molecule has 0 amide bonds. The summed E-state index contributed by atoms with van der Waals surface area (Å²) in [7, 11) is 0. The van der Waals surface area contributed by atoms with E-state index >= 15 is 0 Å². The molecule has 0 aromatic heterocycles. The van der Waals surface area contributed by atoms with Gasteiger partial charge in [-0.2, -0.15) is 0 Å². The van der Waals surface area contributed by atoms with Gasteiger partial charge in [-0.1, -0.05) is 49.8 Å². The lowest BCUT2D eigenvalue weighted by molar-refractivity contribution is -0.150. The van der Waals surface area contributed by atoms with E-state index in [2.05, 4.69) is 0 Å². The normalized spacial score (nSPS) is 19.1. The standard InChI is InChI=1S/C16H20ClFO2/c17-13-7-6-12(10-14(13)18)11-16(15(19)20)8-4-2-1-3-5-9-16/h6-7,10H,1-5,8-9,11H2,(H,19,20). The zero-order valence-electron chi connectivity index (χ0n) is 11.5. The van der Waals surface area contributed by atoms with Gasteiger partial charge in [0.2, 0.25) is 0 Å². The van der Waals surface area contributed by atoms with Crippen LogP contribution in [0.15, 0.2) is 18.2 Å². The summed E-state index contributed by atoms with van der Waals surface area (Å²) in [5.74, 6) is -1.23. The van der Waals surface area contributed by atoms with Crippen molar-refractivity contribution in [1.82, 2.24) is 0 Å². The van der Waals surface area contributed by atoms with Crippen LogP contribution in [-0.2, 0) is 11.2 Å². The third kappa shape index (κ3) is 3.51.